The Morgan fingerprint density at radius 1 is 1.19 bits per heavy atom. The first-order valence-electron chi connectivity index (χ1n) is 8.26. The van der Waals surface area contributed by atoms with Crippen molar-refractivity contribution < 1.29 is 9.59 Å². The SMILES string of the molecule is Cc1ccc(NCC(=O)NNC(=O)c2cc3c(nc4sccn43)s2)c(C)c1. The number of amides is 2. The molecular weight excluding hydrogens is 382 g/mol. The number of thiazole rings is 1. The average Bonchev–Trinajstić information content (AvgIpc) is 3.31. The van der Waals surface area contributed by atoms with E-state index in [-0.39, 0.29) is 18.4 Å². The molecule has 0 bridgehead atoms. The smallest absolute Gasteiger partial charge is 0.279 e. The number of nitrogens with one attached hydrogen (secondary N) is 3. The lowest BCUT2D eigenvalue weighted by molar-refractivity contribution is -0.120. The molecule has 138 valence electrons. The number of hydrogen-bond donors (Lipinski definition) is 3. The molecule has 0 radical (unpaired) electrons. The Morgan fingerprint density at radius 3 is 2.85 bits per heavy atom. The van der Waals surface area contributed by atoms with Crippen LogP contribution in [-0.4, -0.2) is 27.7 Å². The fraction of sp³-hybridized carbons (Fsp3) is 0.167. The predicted molar refractivity (Wildman–Crippen MR) is 108 cm³/mol. The minimum Gasteiger partial charge on any atom is -0.376 e. The molecule has 9 heteroatoms. The van der Waals surface area contributed by atoms with E-state index in [0.29, 0.717) is 4.88 Å². The third kappa shape index (κ3) is 3.51. The molecule has 0 aliphatic rings. The molecule has 0 saturated heterocycles. The van der Waals surface area contributed by atoms with Crippen molar-refractivity contribution in [3.05, 3.63) is 51.8 Å². The molecule has 7 nitrogen and oxygen atoms in total. The fourth-order valence-electron chi connectivity index (χ4n) is 2.78. The van der Waals surface area contributed by atoms with Crippen LogP contribution in [0.25, 0.3) is 15.3 Å². The summed E-state index contributed by atoms with van der Waals surface area (Å²) in [5.41, 5.74) is 8.89. The van der Waals surface area contributed by atoms with Crippen molar-refractivity contribution in [2.45, 2.75) is 13.8 Å². The van der Waals surface area contributed by atoms with Gasteiger partial charge in [0.1, 0.15) is 4.83 Å². The molecule has 0 unspecified atom stereocenters. The standard InChI is InChI=1S/C18H17N5O2S2/c1-10-3-4-12(11(2)7-10)19-9-15(24)21-22-16(25)14-8-13-17(27-14)20-18-23(13)5-6-26-18/h3-8,19H,9H2,1-2H3,(H,21,24)(H,22,25). The average molecular weight is 400 g/mol. The van der Waals surface area contributed by atoms with Gasteiger partial charge in [0, 0.05) is 17.3 Å². The number of carbonyl (C=O) groups is 2. The minimum atomic E-state index is -0.359. The van der Waals surface area contributed by atoms with Gasteiger partial charge in [-0.15, -0.1) is 22.7 Å². The maximum Gasteiger partial charge on any atom is 0.279 e. The van der Waals surface area contributed by atoms with Gasteiger partial charge in [-0.1, -0.05) is 17.7 Å². The molecule has 0 aliphatic heterocycles. The van der Waals surface area contributed by atoms with Gasteiger partial charge in [0.2, 0.25) is 0 Å². The van der Waals surface area contributed by atoms with E-state index in [0.717, 1.165) is 32.1 Å². The Hall–Kier alpha value is -2.91. The first-order chi connectivity index (χ1) is 13.0. The molecule has 4 rings (SSSR count). The van der Waals surface area contributed by atoms with Gasteiger partial charge in [0.15, 0.2) is 4.96 Å². The number of rotatable bonds is 4. The number of hydrazine groups is 1. The first kappa shape index (κ1) is 17.5. The van der Waals surface area contributed by atoms with Crippen LogP contribution < -0.4 is 16.2 Å². The van der Waals surface area contributed by atoms with Crippen LogP contribution in [0.3, 0.4) is 0 Å². The summed E-state index contributed by atoms with van der Waals surface area (Å²) in [5, 5.41) is 5.01. The van der Waals surface area contributed by atoms with E-state index in [1.54, 1.807) is 17.4 Å². The lowest BCUT2D eigenvalue weighted by Gasteiger charge is -2.11. The Balaban J connectivity index is 1.34. The number of anilines is 1. The second-order valence-corrected chi connectivity index (χ2v) is 8.05. The molecule has 0 atom stereocenters. The van der Waals surface area contributed by atoms with E-state index in [4.69, 9.17) is 0 Å². The van der Waals surface area contributed by atoms with Gasteiger partial charge in [0.05, 0.1) is 16.9 Å². The van der Waals surface area contributed by atoms with Gasteiger partial charge in [-0.05, 0) is 31.5 Å². The number of imidazole rings is 1. The molecule has 27 heavy (non-hydrogen) atoms. The zero-order chi connectivity index (χ0) is 19.0. The summed E-state index contributed by atoms with van der Waals surface area (Å²) < 4.78 is 1.94. The third-order valence-corrected chi connectivity index (χ3v) is 5.87. The fourth-order valence-corrected chi connectivity index (χ4v) is 4.47. The van der Waals surface area contributed by atoms with Crippen LogP contribution in [0.5, 0.6) is 0 Å². The van der Waals surface area contributed by atoms with Gasteiger partial charge in [-0.3, -0.25) is 24.8 Å². The van der Waals surface area contributed by atoms with Crippen molar-refractivity contribution in [3.63, 3.8) is 0 Å². The van der Waals surface area contributed by atoms with Crippen LogP contribution in [0.2, 0.25) is 0 Å². The van der Waals surface area contributed by atoms with Crippen molar-refractivity contribution in [1.82, 2.24) is 20.2 Å². The number of hydrogen-bond acceptors (Lipinski definition) is 6. The Bertz CT molecular complexity index is 1160. The number of benzene rings is 1. The molecule has 3 heterocycles. The third-order valence-electron chi connectivity index (χ3n) is 4.10. The quantitative estimate of drug-likeness (QED) is 0.460. The minimum absolute atomic E-state index is 0.0641. The highest BCUT2D eigenvalue weighted by Gasteiger charge is 2.15. The summed E-state index contributed by atoms with van der Waals surface area (Å²) in [6.07, 6.45) is 1.92. The lowest BCUT2D eigenvalue weighted by atomic mass is 10.1. The van der Waals surface area contributed by atoms with Crippen LogP contribution in [0, 0.1) is 13.8 Å². The van der Waals surface area contributed by atoms with Crippen molar-refractivity contribution in [2.75, 3.05) is 11.9 Å². The molecule has 0 saturated carbocycles. The van der Waals surface area contributed by atoms with Gasteiger partial charge >= 0.3 is 0 Å². The Kier molecular flexibility index (Phi) is 4.54. The lowest BCUT2D eigenvalue weighted by Crippen LogP contribution is -2.43. The van der Waals surface area contributed by atoms with Crippen molar-refractivity contribution >= 4 is 55.5 Å². The summed E-state index contributed by atoms with van der Waals surface area (Å²) >= 11 is 2.84. The number of thiophene rings is 1. The van der Waals surface area contributed by atoms with E-state index in [1.165, 1.54) is 11.3 Å². The number of aryl methyl sites for hydroxylation is 2. The summed E-state index contributed by atoms with van der Waals surface area (Å²) in [4.78, 5) is 30.9. The van der Waals surface area contributed by atoms with Crippen molar-refractivity contribution in [3.8, 4) is 0 Å². The monoisotopic (exact) mass is 399 g/mol. The van der Waals surface area contributed by atoms with Gasteiger partial charge in [-0.2, -0.15) is 0 Å². The molecule has 2 amide bonds. The highest BCUT2D eigenvalue weighted by Crippen LogP contribution is 2.28. The summed E-state index contributed by atoms with van der Waals surface area (Å²) in [6.45, 7) is 4.06. The zero-order valence-corrected chi connectivity index (χ0v) is 16.3. The summed E-state index contributed by atoms with van der Waals surface area (Å²) in [6, 6.07) is 7.73. The highest BCUT2D eigenvalue weighted by molar-refractivity contribution is 7.21. The number of aromatic nitrogens is 2. The van der Waals surface area contributed by atoms with Crippen LogP contribution in [0.4, 0.5) is 5.69 Å². The van der Waals surface area contributed by atoms with Gasteiger partial charge < -0.3 is 5.32 Å². The normalized spacial score (nSPS) is 11.0. The van der Waals surface area contributed by atoms with E-state index in [1.807, 2.05) is 48.0 Å². The van der Waals surface area contributed by atoms with E-state index >= 15 is 0 Å². The highest BCUT2D eigenvalue weighted by atomic mass is 32.1. The van der Waals surface area contributed by atoms with Crippen LogP contribution in [0.1, 0.15) is 20.8 Å². The number of fused-ring (bicyclic) bond motifs is 3. The molecule has 1 aromatic carbocycles. The molecule has 0 spiro atoms. The topological polar surface area (TPSA) is 87.5 Å². The molecular formula is C18H17N5O2S2. The zero-order valence-electron chi connectivity index (χ0n) is 14.7. The first-order valence-corrected chi connectivity index (χ1v) is 9.96. The van der Waals surface area contributed by atoms with E-state index in [2.05, 4.69) is 21.2 Å². The van der Waals surface area contributed by atoms with Crippen LogP contribution in [-0.2, 0) is 4.79 Å². The van der Waals surface area contributed by atoms with Crippen molar-refractivity contribution in [1.29, 1.82) is 0 Å². The predicted octanol–water partition coefficient (Wildman–Crippen LogP) is 3.10. The molecule has 3 N–H and O–H groups in total. The Morgan fingerprint density at radius 2 is 2.04 bits per heavy atom. The number of carbonyl (C=O) groups excluding carboxylic acids is 2. The van der Waals surface area contributed by atoms with Crippen molar-refractivity contribution in [2.24, 2.45) is 0 Å². The number of nitrogens with zero attached hydrogens (tertiary/aromatic N) is 2. The van der Waals surface area contributed by atoms with Crippen LogP contribution >= 0.6 is 22.7 Å². The van der Waals surface area contributed by atoms with Gasteiger partial charge in [0.25, 0.3) is 11.8 Å². The molecule has 0 fully saturated rings. The van der Waals surface area contributed by atoms with Gasteiger partial charge in [-0.25, -0.2) is 4.98 Å². The largest absolute Gasteiger partial charge is 0.376 e. The summed E-state index contributed by atoms with van der Waals surface area (Å²) in [7, 11) is 0. The second-order valence-electron chi connectivity index (χ2n) is 6.14. The second kappa shape index (κ2) is 7.01. The van der Waals surface area contributed by atoms with Crippen LogP contribution in [0.15, 0.2) is 35.8 Å². The maximum absolute atomic E-state index is 12.3. The van der Waals surface area contributed by atoms with E-state index in [9.17, 15) is 9.59 Å². The molecule has 3 aromatic heterocycles. The summed E-state index contributed by atoms with van der Waals surface area (Å²) in [5.74, 6) is -0.687. The molecule has 4 aromatic rings. The Labute approximate surface area is 163 Å². The maximum atomic E-state index is 12.3. The van der Waals surface area contributed by atoms with E-state index < -0.39 is 0 Å². The molecule has 0 aliphatic carbocycles.